The van der Waals surface area contributed by atoms with Crippen LogP contribution in [0, 0.1) is 0 Å². The highest BCUT2D eigenvalue weighted by Crippen LogP contribution is 2.15. The van der Waals surface area contributed by atoms with Crippen molar-refractivity contribution in [2.24, 2.45) is 11.5 Å². The Morgan fingerprint density at radius 1 is 1.28 bits per heavy atom. The molecule has 1 aromatic carbocycles. The zero-order valence-corrected chi connectivity index (χ0v) is 10.3. The number of benzene rings is 1. The Kier molecular flexibility index (Phi) is 5.13. The van der Waals surface area contributed by atoms with Gasteiger partial charge in [0, 0.05) is 23.8 Å². The van der Waals surface area contributed by atoms with Crippen molar-refractivity contribution in [3.8, 4) is 0 Å². The third-order valence-corrected chi connectivity index (χ3v) is 2.39. The lowest BCUT2D eigenvalue weighted by molar-refractivity contribution is -0.116. The number of urea groups is 1. The Bertz CT molecular complexity index is 434. The van der Waals surface area contributed by atoms with Crippen LogP contribution in [0.4, 0.5) is 16.2 Å². The number of primary amides is 1. The number of nitrogens with two attached hydrogens (primary N) is 2. The molecule has 1 rings (SSSR count). The molecule has 3 amide bonds. The van der Waals surface area contributed by atoms with Gasteiger partial charge in [0.05, 0.1) is 0 Å². The average molecular weight is 250 g/mol. The Morgan fingerprint density at radius 3 is 2.44 bits per heavy atom. The van der Waals surface area contributed by atoms with Crippen molar-refractivity contribution in [2.45, 2.75) is 25.8 Å². The molecule has 0 radical (unpaired) electrons. The molecule has 0 saturated heterocycles. The minimum absolute atomic E-state index is 0.142. The molecule has 0 heterocycles. The first-order valence-corrected chi connectivity index (χ1v) is 5.73. The van der Waals surface area contributed by atoms with Crippen molar-refractivity contribution in [2.75, 3.05) is 10.6 Å². The minimum Gasteiger partial charge on any atom is -0.351 e. The van der Waals surface area contributed by atoms with Gasteiger partial charge in [-0.15, -0.1) is 0 Å². The molecule has 1 aromatic rings. The van der Waals surface area contributed by atoms with E-state index in [4.69, 9.17) is 11.5 Å². The van der Waals surface area contributed by atoms with Crippen molar-refractivity contribution in [3.63, 3.8) is 0 Å². The second-order valence-electron chi connectivity index (χ2n) is 3.99. The molecule has 1 unspecified atom stereocenters. The number of carbonyl (C=O) groups excluding carboxylic acids is 2. The summed E-state index contributed by atoms with van der Waals surface area (Å²) in [7, 11) is 0. The molecule has 0 saturated carbocycles. The minimum atomic E-state index is -0.647. The fraction of sp³-hybridized carbons (Fsp3) is 0.333. The van der Waals surface area contributed by atoms with Gasteiger partial charge in [-0.3, -0.25) is 4.79 Å². The van der Waals surface area contributed by atoms with Crippen LogP contribution in [-0.2, 0) is 4.79 Å². The van der Waals surface area contributed by atoms with Crippen LogP contribution < -0.4 is 22.1 Å². The molecule has 6 heteroatoms. The second-order valence-corrected chi connectivity index (χ2v) is 3.99. The smallest absolute Gasteiger partial charge is 0.316 e. The fourth-order valence-electron chi connectivity index (χ4n) is 1.41. The molecule has 6 N–H and O–H groups in total. The second kappa shape index (κ2) is 6.61. The van der Waals surface area contributed by atoms with Crippen LogP contribution in [0.25, 0.3) is 0 Å². The van der Waals surface area contributed by atoms with Crippen LogP contribution >= 0.6 is 0 Å². The molecular weight excluding hydrogens is 232 g/mol. The number of rotatable bonds is 5. The summed E-state index contributed by atoms with van der Waals surface area (Å²) in [5, 5.41) is 5.14. The summed E-state index contributed by atoms with van der Waals surface area (Å²) < 4.78 is 0. The third-order valence-electron chi connectivity index (χ3n) is 2.39. The van der Waals surface area contributed by atoms with Crippen molar-refractivity contribution in [1.82, 2.24) is 0 Å². The number of carbonyl (C=O) groups is 2. The van der Waals surface area contributed by atoms with Gasteiger partial charge < -0.3 is 22.1 Å². The maximum Gasteiger partial charge on any atom is 0.316 e. The van der Waals surface area contributed by atoms with E-state index >= 15 is 0 Å². The van der Waals surface area contributed by atoms with E-state index in [0.29, 0.717) is 11.4 Å². The molecule has 0 aromatic heterocycles. The molecule has 0 aliphatic rings. The first-order chi connectivity index (χ1) is 8.51. The summed E-state index contributed by atoms with van der Waals surface area (Å²) in [5.41, 5.74) is 11.8. The SMILES string of the molecule is CCC(N)CC(=O)Nc1cccc(NC(N)=O)c1. The van der Waals surface area contributed by atoms with Crippen LogP contribution in [0.15, 0.2) is 24.3 Å². The lowest BCUT2D eigenvalue weighted by Gasteiger charge is -2.10. The highest BCUT2D eigenvalue weighted by Gasteiger charge is 2.08. The normalized spacial score (nSPS) is 11.7. The molecule has 0 fully saturated rings. The average Bonchev–Trinajstić information content (AvgIpc) is 2.28. The molecule has 98 valence electrons. The zero-order valence-electron chi connectivity index (χ0n) is 10.3. The van der Waals surface area contributed by atoms with E-state index < -0.39 is 6.03 Å². The van der Waals surface area contributed by atoms with Gasteiger partial charge in [0.15, 0.2) is 0 Å². The third kappa shape index (κ3) is 4.84. The van der Waals surface area contributed by atoms with Gasteiger partial charge in [-0.25, -0.2) is 4.79 Å². The highest BCUT2D eigenvalue weighted by molar-refractivity contribution is 5.93. The summed E-state index contributed by atoms with van der Waals surface area (Å²) in [6.45, 7) is 1.93. The number of hydrogen-bond acceptors (Lipinski definition) is 3. The first-order valence-electron chi connectivity index (χ1n) is 5.73. The molecule has 1 atom stereocenters. The van der Waals surface area contributed by atoms with Crippen LogP contribution in [0.5, 0.6) is 0 Å². The van der Waals surface area contributed by atoms with Crippen LogP contribution in [-0.4, -0.2) is 18.0 Å². The molecular formula is C12H18N4O2. The molecule has 6 nitrogen and oxygen atoms in total. The van der Waals surface area contributed by atoms with Crippen molar-refractivity contribution >= 4 is 23.3 Å². The van der Waals surface area contributed by atoms with E-state index in [9.17, 15) is 9.59 Å². The molecule has 0 bridgehead atoms. The summed E-state index contributed by atoms with van der Waals surface area (Å²) in [6, 6.07) is 5.95. The monoisotopic (exact) mass is 250 g/mol. The van der Waals surface area contributed by atoms with Crippen molar-refractivity contribution in [3.05, 3.63) is 24.3 Å². The summed E-state index contributed by atoms with van der Waals surface area (Å²) in [6.07, 6.45) is 1.01. The lowest BCUT2D eigenvalue weighted by Crippen LogP contribution is -2.26. The van der Waals surface area contributed by atoms with E-state index in [-0.39, 0.29) is 18.4 Å². The van der Waals surface area contributed by atoms with Gasteiger partial charge in [0.2, 0.25) is 5.91 Å². The van der Waals surface area contributed by atoms with E-state index in [1.54, 1.807) is 24.3 Å². The highest BCUT2D eigenvalue weighted by atomic mass is 16.2. The number of anilines is 2. The van der Waals surface area contributed by atoms with Gasteiger partial charge in [0.1, 0.15) is 0 Å². The van der Waals surface area contributed by atoms with E-state index in [2.05, 4.69) is 10.6 Å². The van der Waals surface area contributed by atoms with Gasteiger partial charge in [-0.2, -0.15) is 0 Å². The molecule has 18 heavy (non-hydrogen) atoms. The number of amides is 3. The Labute approximate surface area is 106 Å². The molecule has 0 spiro atoms. The Balaban J connectivity index is 2.61. The van der Waals surface area contributed by atoms with E-state index in [1.165, 1.54) is 0 Å². The van der Waals surface area contributed by atoms with Crippen molar-refractivity contribution < 1.29 is 9.59 Å². The topological polar surface area (TPSA) is 110 Å². The molecule has 0 aliphatic carbocycles. The van der Waals surface area contributed by atoms with Crippen molar-refractivity contribution in [1.29, 1.82) is 0 Å². The van der Waals surface area contributed by atoms with Crippen LogP contribution in [0.3, 0.4) is 0 Å². The van der Waals surface area contributed by atoms with Crippen LogP contribution in [0.2, 0.25) is 0 Å². The summed E-state index contributed by atoms with van der Waals surface area (Å²) in [4.78, 5) is 22.3. The van der Waals surface area contributed by atoms with Crippen LogP contribution in [0.1, 0.15) is 19.8 Å². The maximum absolute atomic E-state index is 11.6. The van der Waals surface area contributed by atoms with Gasteiger partial charge >= 0.3 is 6.03 Å². The van der Waals surface area contributed by atoms with Gasteiger partial charge in [0.25, 0.3) is 0 Å². The predicted molar refractivity (Wildman–Crippen MR) is 71.2 cm³/mol. The number of nitrogens with one attached hydrogen (secondary N) is 2. The fourth-order valence-corrected chi connectivity index (χ4v) is 1.41. The Morgan fingerprint density at radius 2 is 1.89 bits per heavy atom. The first kappa shape index (κ1) is 14.0. The maximum atomic E-state index is 11.6. The standard InChI is InChI=1S/C12H18N4O2/c1-2-8(13)6-11(17)15-9-4-3-5-10(7-9)16-12(14)18/h3-5,7-8H,2,6,13H2,1H3,(H,15,17)(H3,14,16,18). The predicted octanol–water partition coefficient (Wildman–Crippen LogP) is 1.24. The Hall–Kier alpha value is -2.08. The van der Waals surface area contributed by atoms with Gasteiger partial charge in [-0.05, 0) is 24.6 Å². The quantitative estimate of drug-likeness (QED) is 0.631. The number of hydrogen-bond donors (Lipinski definition) is 4. The van der Waals surface area contributed by atoms with E-state index in [0.717, 1.165) is 6.42 Å². The van der Waals surface area contributed by atoms with E-state index in [1.807, 2.05) is 6.92 Å². The molecule has 0 aliphatic heterocycles. The largest absolute Gasteiger partial charge is 0.351 e. The zero-order chi connectivity index (χ0) is 13.5. The summed E-state index contributed by atoms with van der Waals surface area (Å²) in [5.74, 6) is -0.152. The van der Waals surface area contributed by atoms with Gasteiger partial charge in [-0.1, -0.05) is 13.0 Å². The summed E-state index contributed by atoms with van der Waals surface area (Å²) >= 11 is 0. The lowest BCUT2D eigenvalue weighted by atomic mass is 10.1.